The zero-order valence-corrected chi connectivity index (χ0v) is 14.3. The van der Waals surface area contributed by atoms with Crippen LogP contribution in [0.3, 0.4) is 0 Å². The Morgan fingerprint density at radius 1 is 1.13 bits per heavy atom. The van der Waals surface area contributed by atoms with Crippen molar-refractivity contribution in [2.45, 2.75) is 45.1 Å². The highest BCUT2D eigenvalue weighted by Crippen LogP contribution is 2.26. The van der Waals surface area contributed by atoms with Gasteiger partial charge in [0, 0.05) is 18.2 Å². The van der Waals surface area contributed by atoms with Gasteiger partial charge in [-0.25, -0.2) is 8.42 Å². The second-order valence-corrected chi connectivity index (χ2v) is 8.64. The second-order valence-electron chi connectivity index (χ2n) is 6.63. The van der Waals surface area contributed by atoms with E-state index in [1.807, 2.05) is 0 Å². The SMILES string of the molecule is CC1CCCCC1NC(=O)c1ccc(N2CCCS2(=O)=O)cc1. The predicted octanol–water partition coefficient (Wildman–Crippen LogP) is 2.54. The van der Waals surface area contributed by atoms with Gasteiger partial charge in [-0.1, -0.05) is 19.8 Å². The molecule has 1 saturated carbocycles. The fourth-order valence-electron chi connectivity index (χ4n) is 3.49. The molecule has 1 aliphatic heterocycles. The van der Waals surface area contributed by atoms with Crippen molar-refractivity contribution in [3.8, 4) is 0 Å². The molecular weight excluding hydrogens is 312 g/mol. The molecule has 1 saturated heterocycles. The van der Waals surface area contributed by atoms with E-state index >= 15 is 0 Å². The van der Waals surface area contributed by atoms with Crippen LogP contribution in [0, 0.1) is 5.92 Å². The van der Waals surface area contributed by atoms with Crippen LogP contribution in [0.4, 0.5) is 5.69 Å². The van der Waals surface area contributed by atoms with Crippen LogP contribution in [0.25, 0.3) is 0 Å². The lowest BCUT2D eigenvalue weighted by atomic mass is 9.86. The molecule has 6 heteroatoms. The number of carbonyl (C=O) groups excluding carboxylic acids is 1. The molecule has 1 N–H and O–H groups in total. The van der Waals surface area contributed by atoms with E-state index in [9.17, 15) is 13.2 Å². The van der Waals surface area contributed by atoms with Crippen molar-refractivity contribution in [2.75, 3.05) is 16.6 Å². The number of hydrogen-bond donors (Lipinski definition) is 1. The number of nitrogens with one attached hydrogen (secondary N) is 1. The number of nitrogens with zero attached hydrogens (tertiary/aromatic N) is 1. The molecule has 0 bridgehead atoms. The Morgan fingerprint density at radius 3 is 2.43 bits per heavy atom. The van der Waals surface area contributed by atoms with Gasteiger partial charge in [-0.2, -0.15) is 0 Å². The quantitative estimate of drug-likeness (QED) is 0.922. The fourth-order valence-corrected chi connectivity index (χ4v) is 5.06. The average molecular weight is 336 g/mol. The van der Waals surface area contributed by atoms with Crippen LogP contribution in [-0.2, 0) is 10.0 Å². The van der Waals surface area contributed by atoms with Gasteiger partial charge in [0.2, 0.25) is 10.0 Å². The van der Waals surface area contributed by atoms with Gasteiger partial charge >= 0.3 is 0 Å². The van der Waals surface area contributed by atoms with Crippen molar-refractivity contribution in [3.05, 3.63) is 29.8 Å². The lowest BCUT2D eigenvalue weighted by molar-refractivity contribution is 0.0910. The lowest BCUT2D eigenvalue weighted by Crippen LogP contribution is -2.41. The Labute approximate surface area is 138 Å². The van der Waals surface area contributed by atoms with Crippen LogP contribution in [0.1, 0.15) is 49.4 Å². The smallest absolute Gasteiger partial charge is 0.251 e. The van der Waals surface area contributed by atoms with Crippen LogP contribution in [0.15, 0.2) is 24.3 Å². The Morgan fingerprint density at radius 2 is 1.83 bits per heavy atom. The summed E-state index contributed by atoms with van der Waals surface area (Å²) in [6, 6.07) is 7.12. The molecule has 1 aromatic rings. The Hall–Kier alpha value is -1.56. The molecule has 0 aromatic heterocycles. The minimum atomic E-state index is -3.17. The van der Waals surface area contributed by atoms with Crippen molar-refractivity contribution in [1.29, 1.82) is 0 Å². The zero-order valence-electron chi connectivity index (χ0n) is 13.5. The third-order valence-electron chi connectivity index (χ3n) is 4.94. The van der Waals surface area contributed by atoms with Crippen LogP contribution in [0.5, 0.6) is 0 Å². The maximum atomic E-state index is 12.4. The summed E-state index contributed by atoms with van der Waals surface area (Å²) >= 11 is 0. The lowest BCUT2D eigenvalue weighted by Gasteiger charge is -2.29. The van der Waals surface area contributed by atoms with Crippen LogP contribution in [0.2, 0.25) is 0 Å². The molecule has 126 valence electrons. The van der Waals surface area contributed by atoms with Gasteiger partial charge in [0.15, 0.2) is 0 Å². The molecule has 1 heterocycles. The topological polar surface area (TPSA) is 66.5 Å². The van der Waals surface area contributed by atoms with Crippen LogP contribution < -0.4 is 9.62 Å². The number of carbonyl (C=O) groups is 1. The number of sulfonamides is 1. The van der Waals surface area contributed by atoms with E-state index in [4.69, 9.17) is 0 Å². The first kappa shape index (κ1) is 16.3. The molecule has 0 radical (unpaired) electrons. The molecule has 1 aromatic carbocycles. The van der Waals surface area contributed by atoms with Crippen molar-refractivity contribution in [2.24, 2.45) is 5.92 Å². The normalized spacial score (nSPS) is 26.9. The summed E-state index contributed by atoms with van der Waals surface area (Å²) in [4.78, 5) is 12.4. The monoisotopic (exact) mass is 336 g/mol. The first-order valence-electron chi connectivity index (χ1n) is 8.39. The van der Waals surface area contributed by atoms with E-state index in [1.165, 1.54) is 17.1 Å². The predicted molar refractivity (Wildman–Crippen MR) is 91.1 cm³/mol. The molecule has 3 rings (SSSR count). The van der Waals surface area contributed by atoms with E-state index < -0.39 is 10.0 Å². The first-order valence-corrected chi connectivity index (χ1v) is 9.99. The second kappa shape index (κ2) is 6.51. The summed E-state index contributed by atoms with van der Waals surface area (Å²) in [7, 11) is -3.17. The van der Waals surface area contributed by atoms with Crippen LogP contribution >= 0.6 is 0 Å². The summed E-state index contributed by atoms with van der Waals surface area (Å²) in [6.45, 7) is 2.71. The minimum absolute atomic E-state index is 0.0698. The minimum Gasteiger partial charge on any atom is -0.349 e. The maximum absolute atomic E-state index is 12.4. The molecular formula is C17H24N2O3S. The van der Waals surface area contributed by atoms with Crippen molar-refractivity contribution < 1.29 is 13.2 Å². The molecule has 0 spiro atoms. The standard InChI is InChI=1S/C17H24N2O3S/c1-13-5-2-3-6-16(13)18-17(20)14-7-9-15(10-8-14)19-11-4-12-23(19,21)22/h7-10,13,16H,2-6,11-12H2,1H3,(H,18,20). The first-order chi connectivity index (χ1) is 11.0. The molecule has 2 atom stereocenters. The van der Waals surface area contributed by atoms with Gasteiger partial charge in [0.05, 0.1) is 11.4 Å². The highest BCUT2D eigenvalue weighted by molar-refractivity contribution is 7.93. The van der Waals surface area contributed by atoms with Gasteiger partial charge in [0.25, 0.3) is 5.91 Å². The third kappa shape index (κ3) is 3.52. The number of anilines is 1. The van der Waals surface area contributed by atoms with Crippen molar-refractivity contribution >= 4 is 21.6 Å². The van der Waals surface area contributed by atoms with E-state index in [2.05, 4.69) is 12.2 Å². The average Bonchev–Trinajstić information content (AvgIpc) is 2.89. The van der Waals surface area contributed by atoms with Gasteiger partial charge in [-0.05, 0) is 49.4 Å². The van der Waals surface area contributed by atoms with Gasteiger partial charge in [-0.15, -0.1) is 0 Å². The Balaban J connectivity index is 1.68. The summed E-state index contributed by atoms with van der Waals surface area (Å²) in [5.74, 6) is 0.649. The van der Waals surface area contributed by atoms with Crippen molar-refractivity contribution in [3.63, 3.8) is 0 Å². The summed E-state index contributed by atoms with van der Waals surface area (Å²) < 4.78 is 25.3. The Kier molecular flexibility index (Phi) is 4.62. The highest BCUT2D eigenvalue weighted by atomic mass is 32.2. The third-order valence-corrected chi connectivity index (χ3v) is 6.81. The summed E-state index contributed by atoms with van der Waals surface area (Å²) in [6.07, 6.45) is 5.27. The fraction of sp³-hybridized carbons (Fsp3) is 0.588. The molecule has 2 unspecified atom stereocenters. The van der Waals surface area contributed by atoms with E-state index in [-0.39, 0.29) is 17.7 Å². The van der Waals surface area contributed by atoms with Crippen LogP contribution in [-0.4, -0.2) is 32.7 Å². The maximum Gasteiger partial charge on any atom is 0.251 e. The highest BCUT2D eigenvalue weighted by Gasteiger charge is 2.28. The molecule has 5 nitrogen and oxygen atoms in total. The summed E-state index contributed by atoms with van der Waals surface area (Å²) in [5.41, 5.74) is 1.23. The zero-order chi connectivity index (χ0) is 16.4. The van der Waals surface area contributed by atoms with E-state index in [0.29, 0.717) is 30.1 Å². The molecule has 23 heavy (non-hydrogen) atoms. The number of amides is 1. The molecule has 2 fully saturated rings. The molecule has 1 amide bonds. The molecule has 1 aliphatic carbocycles. The Bertz CT molecular complexity index is 670. The van der Waals surface area contributed by atoms with E-state index in [0.717, 1.165) is 12.8 Å². The van der Waals surface area contributed by atoms with Gasteiger partial charge < -0.3 is 5.32 Å². The summed E-state index contributed by atoms with van der Waals surface area (Å²) in [5, 5.41) is 3.12. The number of benzene rings is 1. The number of hydrogen-bond acceptors (Lipinski definition) is 3. The molecule has 2 aliphatic rings. The van der Waals surface area contributed by atoms with Gasteiger partial charge in [0.1, 0.15) is 0 Å². The largest absolute Gasteiger partial charge is 0.349 e. The van der Waals surface area contributed by atoms with Crippen molar-refractivity contribution in [1.82, 2.24) is 5.32 Å². The van der Waals surface area contributed by atoms with Gasteiger partial charge in [-0.3, -0.25) is 9.10 Å². The number of rotatable bonds is 3. The van der Waals surface area contributed by atoms with E-state index in [1.54, 1.807) is 24.3 Å².